The number of hydrogen-bond donors (Lipinski definition) is 2. The molecule has 3 aromatic rings. The van der Waals surface area contributed by atoms with Crippen LogP contribution in [-0.4, -0.2) is 28.8 Å². The lowest BCUT2D eigenvalue weighted by Crippen LogP contribution is -2.23. The molecule has 0 saturated heterocycles. The second kappa shape index (κ2) is 7.92. The van der Waals surface area contributed by atoms with Gasteiger partial charge in [-0.1, -0.05) is 24.3 Å². The standard InChI is InChI=1S/C21H22N4O4/c1-13-5-3-4-6-14(13)12-29-21-18(25(26)27)9-15(10-19(21)28-2)20-16-11-22-8-7-17(16)23-24-20/h3-6,9-10,22H,7-8,11-12H2,1-2H3,(H,23,24). The number of rotatable bonds is 6. The predicted octanol–water partition coefficient (Wildman–Crippen LogP) is 3.53. The highest BCUT2D eigenvalue weighted by Gasteiger charge is 2.26. The molecule has 8 heteroatoms. The van der Waals surface area contributed by atoms with E-state index in [-0.39, 0.29) is 18.0 Å². The third-order valence-electron chi connectivity index (χ3n) is 5.16. The second-order valence-electron chi connectivity index (χ2n) is 6.96. The maximum atomic E-state index is 11.8. The van der Waals surface area contributed by atoms with E-state index in [4.69, 9.17) is 9.47 Å². The number of benzene rings is 2. The number of nitrogens with one attached hydrogen (secondary N) is 2. The van der Waals surface area contributed by atoms with Crippen molar-refractivity contribution in [3.63, 3.8) is 0 Å². The average molecular weight is 394 g/mol. The number of nitro benzene ring substituents is 1. The van der Waals surface area contributed by atoms with Gasteiger partial charge in [-0.05, 0) is 24.1 Å². The van der Waals surface area contributed by atoms with Crippen LogP contribution in [0.3, 0.4) is 0 Å². The van der Waals surface area contributed by atoms with Crippen molar-refractivity contribution in [3.8, 4) is 22.8 Å². The van der Waals surface area contributed by atoms with Crippen molar-refractivity contribution in [2.75, 3.05) is 13.7 Å². The Kier molecular flexibility index (Phi) is 5.18. The van der Waals surface area contributed by atoms with Crippen LogP contribution in [0.4, 0.5) is 5.69 Å². The molecule has 29 heavy (non-hydrogen) atoms. The molecule has 0 aliphatic carbocycles. The monoisotopic (exact) mass is 394 g/mol. The van der Waals surface area contributed by atoms with Gasteiger partial charge in [-0.3, -0.25) is 15.2 Å². The zero-order chi connectivity index (χ0) is 20.4. The zero-order valence-corrected chi connectivity index (χ0v) is 16.3. The van der Waals surface area contributed by atoms with Crippen molar-refractivity contribution in [1.82, 2.24) is 15.5 Å². The Bertz CT molecular complexity index is 1060. The topological polar surface area (TPSA) is 102 Å². The molecule has 4 rings (SSSR count). The van der Waals surface area contributed by atoms with Crippen LogP contribution in [0.2, 0.25) is 0 Å². The summed E-state index contributed by atoms with van der Waals surface area (Å²) >= 11 is 0. The minimum absolute atomic E-state index is 0.118. The SMILES string of the molecule is COc1cc(-c2n[nH]c3c2CNCC3)cc([N+](=O)[O-])c1OCc1ccccc1C. The molecule has 2 heterocycles. The van der Waals surface area contributed by atoms with Crippen molar-refractivity contribution < 1.29 is 14.4 Å². The molecule has 8 nitrogen and oxygen atoms in total. The molecule has 150 valence electrons. The number of ether oxygens (including phenoxy) is 2. The third-order valence-corrected chi connectivity index (χ3v) is 5.16. The molecule has 2 aromatic carbocycles. The van der Waals surface area contributed by atoms with E-state index in [0.717, 1.165) is 35.3 Å². The summed E-state index contributed by atoms with van der Waals surface area (Å²) in [7, 11) is 1.48. The number of aryl methyl sites for hydroxylation is 1. The lowest BCUT2D eigenvalue weighted by Gasteiger charge is -2.15. The van der Waals surface area contributed by atoms with Gasteiger partial charge in [0, 0.05) is 42.4 Å². The minimum Gasteiger partial charge on any atom is -0.493 e. The van der Waals surface area contributed by atoms with Crippen LogP contribution in [0.1, 0.15) is 22.4 Å². The Hall–Kier alpha value is -3.39. The number of H-pyrrole nitrogens is 1. The molecule has 1 aliphatic heterocycles. The van der Waals surface area contributed by atoms with Gasteiger partial charge in [-0.15, -0.1) is 0 Å². The molecule has 0 amide bonds. The summed E-state index contributed by atoms with van der Waals surface area (Å²) in [6.07, 6.45) is 0.846. The summed E-state index contributed by atoms with van der Waals surface area (Å²) in [6.45, 7) is 3.74. The van der Waals surface area contributed by atoms with Crippen LogP contribution < -0.4 is 14.8 Å². The molecule has 2 N–H and O–H groups in total. The van der Waals surface area contributed by atoms with Gasteiger partial charge in [-0.25, -0.2) is 0 Å². The summed E-state index contributed by atoms with van der Waals surface area (Å²) in [5.41, 5.74) is 5.27. The zero-order valence-electron chi connectivity index (χ0n) is 16.3. The van der Waals surface area contributed by atoms with Crippen molar-refractivity contribution in [1.29, 1.82) is 0 Å². The average Bonchev–Trinajstić information content (AvgIpc) is 3.16. The van der Waals surface area contributed by atoms with Crippen LogP contribution in [-0.2, 0) is 19.6 Å². The molecule has 1 aromatic heterocycles. The Balaban J connectivity index is 1.73. The van der Waals surface area contributed by atoms with E-state index >= 15 is 0 Å². The fourth-order valence-corrected chi connectivity index (χ4v) is 3.54. The maximum absolute atomic E-state index is 11.8. The highest BCUT2D eigenvalue weighted by atomic mass is 16.6. The van der Waals surface area contributed by atoms with Gasteiger partial charge >= 0.3 is 5.69 Å². The Morgan fingerprint density at radius 3 is 2.86 bits per heavy atom. The Labute approximate surface area is 168 Å². The van der Waals surface area contributed by atoms with Crippen molar-refractivity contribution >= 4 is 5.69 Å². The first-order valence-corrected chi connectivity index (χ1v) is 9.39. The Morgan fingerprint density at radius 1 is 1.28 bits per heavy atom. The van der Waals surface area contributed by atoms with Crippen LogP contribution in [0.25, 0.3) is 11.3 Å². The van der Waals surface area contributed by atoms with E-state index < -0.39 is 4.92 Å². The lowest BCUT2D eigenvalue weighted by atomic mass is 10.0. The molecule has 0 bridgehead atoms. The first-order valence-electron chi connectivity index (χ1n) is 9.39. The molecule has 0 saturated carbocycles. The van der Waals surface area contributed by atoms with E-state index in [9.17, 15) is 10.1 Å². The van der Waals surface area contributed by atoms with Gasteiger partial charge in [0.15, 0.2) is 5.75 Å². The normalized spacial score (nSPS) is 13.0. The number of aromatic amines is 1. The molecule has 0 spiro atoms. The molecule has 0 unspecified atom stereocenters. The molecule has 0 radical (unpaired) electrons. The number of methoxy groups -OCH3 is 1. The summed E-state index contributed by atoms with van der Waals surface area (Å²) in [5.74, 6) is 0.426. The Morgan fingerprint density at radius 2 is 2.10 bits per heavy atom. The van der Waals surface area contributed by atoms with Crippen molar-refractivity contribution in [3.05, 3.63) is 68.9 Å². The number of fused-ring (bicyclic) bond motifs is 1. The molecule has 1 aliphatic rings. The molecule has 0 atom stereocenters. The van der Waals surface area contributed by atoms with E-state index in [1.54, 1.807) is 6.07 Å². The van der Waals surface area contributed by atoms with Gasteiger partial charge in [0.25, 0.3) is 0 Å². The van der Waals surface area contributed by atoms with Gasteiger partial charge in [-0.2, -0.15) is 5.10 Å². The summed E-state index contributed by atoms with van der Waals surface area (Å²) in [6, 6.07) is 11.0. The number of nitrogens with zero attached hydrogens (tertiary/aromatic N) is 2. The molecular formula is C21H22N4O4. The fraction of sp³-hybridized carbons (Fsp3) is 0.286. The van der Waals surface area contributed by atoms with E-state index in [1.807, 2.05) is 31.2 Å². The first-order chi connectivity index (χ1) is 14.1. The largest absolute Gasteiger partial charge is 0.493 e. The van der Waals surface area contributed by atoms with E-state index in [1.165, 1.54) is 13.2 Å². The number of aromatic nitrogens is 2. The van der Waals surface area contributed by atoms with Gasteiger partial charge in [0.05, 0.1) is 17.7 Å². The summed E-state index contributed by atoms with van der Waals surface area (Å²) in [4.78, 5) is 11.4. The van der Waals surface area contributed by atoms with E-state index in [2.05, 4.69) is 15.5 Å². The first kappa shape index (κ1) is 18.9. The van der Waals surface area contributed by atoms with Gasteiger partial charge in [0.1, 0.15) is 6.61 Å². The van der Waals surface area contributed by atoms with Crippen LogP contribution in [0.5, 0.6) is 11.5 Å². The molecule has 0 fully saturated rings. The third kappa shape index (κ3) is 3.66. The second-order valence-corrected chi connectivity index (χ2v) is 6.96. The van der Waals surface area contributed by atoms with Crippen LogP contribution >= 0.6 is 0 Å². The number of nitro groups is 1. The fourth-order valence-electron chi connectivity index (χ4n) is 3.54. The summed E-state index contributed by atoms with van der Waals surface area (Å²) in [5, 5.41) is 22.6. The molecular weight excluding hydrogens is 372 g/mol. The van der Waals surface area contributed by atoms with Crippen LogP contribution in [0.15, 0.2) is 36.4 Å². The maximum Gasteiger partial charge on any atom is 0.315 e. The quantitative estimate of drug-likeness (QED) is 0.490. The van der Waals surface area contributed by atoms with Crippen LogP contribution in [0, 0.1) is 17.0 Å². The van der Waals surface area contributed by atoms with Crippen molar-refractivity contribution in [2.24, 2.45) is 0 Å². The lowest BCUT2D eigenvalue weighted by molar-refractivity contribution is -0.386. The van der Waals surface area contributed by atoms with E-state index in [0.29, 0.717) is 23.6 Å². The highest BCUT2D eigenvalue weighted by Crippen LogP contribution is 2.42. The minimum atomic E-state index is -0.448. The summed E-state index contributed by atoms with van der Waals surface area (Å²) < 4.78 is 11.3. The van der Waals surface area contributed by atoms with Gasteiger partial charge in [0.2, 0.25) is 5.75 Å². The van der Waals surface area contributed by atoms with Crippen molar-refractivity contribution in [2.45, 2.75) is 26.5 Å². The smallest absolute Gasteiger partial charge is 0.315 e. The van der Waals surface area contributed by atoms with Gasteiger partial charge < -0.3 is 14.8 Å². The number of hydrogen-bond acceptors (Lipinski definition) is 6. The highest BCUT2D eigenvalue weighted by molar-refractivity contribution is 5.73. The predicted molar refractivity (Wildman–Crippen MR) is 108 cm³/mol.